The highest BCUT2D eigenvalue weighted by molar-refractivity contribution is 6.73. The quantitative estimate of drug-likeness (QED) is 0.397. The van der Waals surface area contributed by atoms with Crippen LogP contribution in [0.15, 0.2) is 18.7 Å². The minimum atomic E-state index is -1.36. The van der Waals surface area contributed by atoms with Crippen LogP contribution in [0.4, 0.5) is 0 Å². The van der Waals surface area contributed by atoms with Crippen molar-refractivity contribution in [1.82, 2.24) is 4.57 Å². The van der Waals surface area contributed by atoms with Gasteiger partial charge in [-0.3, -0.25) is 0 Å². The summed E-state index contributed by atoms with van der Waals surface area (Å²) in [7, 11) is 0.687. The Morgan fingerprint density at radius 1 is 1.18 bits per heavy atom. The number of nitrogens with zero attached hydrogens (tertiary/aromatic N) is 2. The molecule has 0 radical (unpaired) electrons. The molecule has 0 saturated carbocycles. The standard InChI is InChI=1S/C13H27N2OSi/c1-5-17(6-2,7-3)16-12-8-9-15-11-10-14(4)13-15/h10-11,13H,5-9,12H2,1-4H3/q+1. The first-order valence-electron chi connectivity index (χ1n) is 6.80. The normalized spacial score (nSPS) is 12.0. The number of aromatic nitrogens is 2. The number of imidazole rings is 1. The molecule has 17 heavy (non-hydrogen) atoms. The van der Waals surface area contributed by atoms with Gasteiger partial charge in [0, 0.05) is 13.0 Å². The molecule has 3 nitrogen and oxygen atoms in total. The highest BCUT2D eigenvalue weighted by atomic mass is 28.4. The van der Waals surface area contributed by atoms with Gasteiger partial charge in [-0.2, -0.15) is 0 Å². The van der Waals surface area contributed by atoms with Gasteiger partial charge in [0.1, 0.15) is 12.4 Å². The zero-order valence-electron chi connectivity index (χ0n) is 11.8. The summed E-state index contributed by atoms with van der Waals surface area (Å²) >= 11 is 0. The van der Waals surface area contributed by atoms with E-state index >= 15 is 0 Å². The molecule has 0 aliphatic rings. The second kappa shape index (κ2) is 6.96. The lowest BCUT2D eigenvalue weighted by molar-refractivity contribution is -0.671. The molecule has 0 fully saturated rings. The molecule has 0 aliphatic heterocycles. The van der Waals surface area contributed by atoms with E-state index in [2.05, 4.69) is 55.7 Å². The Labute approximate surface area is 107 Å². The summed E-state index contributed by atoms with van der Waals surface area (Å²) in [5, 5.41) is 0. The molecule has 0 spiro atoms. The van der Waals surface area contributed by atoms with Gasteiger partial charge in [-0.05, 0) is 18.1 Å². The van der Waals surface area contributed by atoms with E-state index in [-0.39, 0.29) is 0 Å². The monoisotopic (exact) mass is 255 g/mol. The maximum atomic E-state index is 6.22. The van der Waals surface area contributed by atoms with Crippen LogP contribution in [0.25, 0.3) is 0 Å². The molecule has 0 aromatic carbocycles. The number of rotatable bonds is 8. The van der Waals surface area contributed by atoms with Crippen LogP contribution in [0, 0.1) is 0 Å². The summed E-state index contributed by atoms with van der Waals surface area (Å²) in [6, 6.07) is 3.75. The van der Waals surface area contributed by atoms with Gasteiger partial charge in [0.05, 0.1) is 13.6 Å². The van der Waals surface area contributed by atoms with E-state index in [0.29, 0.717) is 0 Å². The number of hydrogen-bond donors (Lipinski definition) is 0. The van der Waals surface area contributed by atoms with Gasteiger partial charge in [-0.25, -0.2) is 9.13 Å². The van der Waals surface area contributed by atoms with Gasteiger partial charge in [0.15, 0.2) is 8.32 Å². The molecule has 0 N–H and O–H groups in total. The molecule has 0 aliphatic carbocycles. The fourth-order valence-corrected chi connectivity index (χ4v) is 4.92. The van der Waals surface area contributed by atoms with Crippen molar-refractivity contribution < 1.29 is 8.99 Å². The van der Waals surface area contributed by atoms with E-state index in [4.69, 9.17) is 4.43 Å². The van der Waals surface area contributed by atoms with Crippen molar-refractivity contribution in [3.63, 3.8) is 0 Å². The van der Waals surface area contributed by atoms with Crippen molar-refractivity contribution in [2.24, 2.45) is 7.05 Å². The Kier molecular flexibility index (Phi) is 5.92. The number of aryl methyl sites for hydroxylation is 2. The van der Waals surface area contributed by atoms with Crippen LogP contribution in [0.2, 0.25) is 18.1 Å². The van der Waals surface area contributed by atoms with Gasteiger partial charge in [0.2, 0.25) is 6.33 Å². The molecule has 1 rings (SSSR count). The van der Waals surface area contributed by atoms with Crippen molar-refractivity contribution >= 4 is 8.32 Å². The first-order valence-corrected chi connectivity index (χ1v) is 9.33. The van der Waals surface area contributed by atoms with Gasteiger partial charge in [-0.1, -0.05) is 20.8 Å². The van der Waals surface area contributed by atoms with E-state index in [1.165, 1.54) is 18.1 Å². The lowest BCUT2D eigenvalue weighted by Gasteiger charge is -2.27. The van der Waals surface area contributed by atoms with E-state index < -0.39 is 8.32 Å². The van der Waals surface area contributed by atoms with E-state index in [9.17, 15) is 0 Å². The molecule has 0 unspecified atom stereocenters. The third kappa shape index (κ3) is 4.28. The van der Waals surface area contributed by atoms with Crippen LogP contribution in [0.3, 0.4) is 0 Å². The van der Waals surface area contributed by atoms with Crippen molar-refractivity contribution in [1.29, 1.82) is 0 Å². The predicted molar refractivity (Wildman–Crippen MR) is 73.4 cm³/mol. The molecule has 0 saturated heterocycles. The second-order valence-corrected chi connectivity index (χ2v) is 9.54. The lowest BCUT2D eigenvalue weighted by atomic mass is 10.4. The van der Waals surface area contributed by atoms with Crippen molar-refractivity contribution in [2.45, 2.75) is 51.9 Å². The largest absolute Gasteiger partial charge is 0.417 e. The molecule has 1 heterocycles. The van der Waals surface area contributed by atoms with E-state index in [1.807, 2.05) is 0 Å². The van der Waals surface area contributed by atoms with Crippen LogP contribution < -0.4 is 4.57 Å². The average molecular weight is 255 g/mol. The summed E-state index contributed by atoms with van der Waals surface area (Å²) < 4.78 is 10.5. The van der Waals surface area contributed by atoms with Gasteiger partial charge in [-0.15, -0.1) is 0 Å². The zero-order chi connectivity index (χ0) is 12.7. The van der Waals surface area contributed by atoms with Crippen LogP contribution in [0.5, 0.6) is 0 Å². The minimum Gasteiger partial charge on any atom is -0.417 e. The third-order valence-electron chi connectivity index (χ3n) is 3.73. The highest BCUT2D eigenvalue weighted by Crippen LogP contribution is 2.21. The predicted octanol–water partition coefficient (Wildman–Crippen LogP) is 2.72. The molecular formula is C13H27N2OSi+. The van der Waals surface area contributed by atoms with Gasteiger partial charge < -0.3 is 4.43 Å². The van der Waals surface area contributed by atoms with Crippen molar-refractivity contribution in [3.8, 4) is 0 Å². The van der Waals surface area contributed by atoms with Gasteiger partial charge >= 0.3 is 0 Å². The summed E-state index contributed by atoms with van der Waals surface area (Å²) in [4.78, 5) is 0. The Balaban J connectivity index is 2.27. The maximum absolute atomic E-state index is 6.22. The average Bonchev–Trinajstić information content (AvgIpc) is 2.76. The van der Waals surface area contributed by atoms with Crippen molar-refractivity contribution in [3.05, 3.63) is 18.7 Å². The minimum absolute atomic E-state index is 0.920. The Bertz CT molecular complexity index is 313. The fraction of sp³-hybridized carbons (Fsp3) is 0.769. The molecule has 1 aromatic rings. The lowest BCUT2D eigenvalue weighted by Crippen LogP contribution is -2.36. The molecule has 1 aromatic heterocycles. The fourth-order valence-electron chi connectivity index (χ4n) is 2.23. The SMILES string of the molecule is CC[Si](CC)(CC)OCCCn1cc[n+](C)c1. The third-order valence-corrected chi connectivity index (χ3v) is 8.41. The van der Waals surface area contributed by atoms with Crippen LogP contribution in [-0.2, 0) is 18.0 Å². The summed E-state index contributed by atoms with van der Waals surface area (Å²) in [5.41, 5.74) is 0. The smallest absolute Gasteiger partial charge is 0.243 e. The molecular weight excluding hydrogens is 228 g/mol. The van der Waals surface area contributed by atoms with E-state index in [0.717, 1.165) is 19.6 Å². The molecule has 98 valence electrons. The molecule has 0 amide bonds. The summed E-state index contributed by atoms with van der Waals surface area (Å²) in [6.07, 6.45) is 7.42. The van der Waals surface area contributed by atoms with Crippen LogP contribution in [-0.4, -0.2) is 19.5 Å². The maximum Gasteiger partial charge on any atom is 0.243 e. The first-order chi connectivity index (χ1) is 8.15. The van der Waals surface area contributed by atoms with Crippen molar-refractivity contribution in [2.75, 3.05) is 6.61 Å². The summed E-state index contributed by atoms with van der Waals surface area (Å²) in [6.45, 7) is 8.83. The molecule has 0 atom stereocenters. The first kappa shape index (κ1) is 14.4. The molecule has 0 bridgehead atoms. The number of hydrogen-bond acceptors (Lipinski definition) is 1. The Morgan fingerprint density at radius 3 is 2.29 bits per heavy atom. The molecule has 4 heteroatoms. The highest BCUT2D eigenvalue weighted by Gasteiger charge is 2.28. The van der Waals surface area contributed by atoms with Crippen LogP contribution in [0.1, 0.15) is 27.2 Å². The Morgan fingerprint density at radius 2 is 1.82 bits per heavy atom. The Hall–Kier alpha value is -0.613. The summed E-state index contributed by atoms with van der Waals surface area (Å²) in [5.74, 6) is 0. The zero-order valence-corrected chi connectivity index (χ0v) is 12.8. The van der Waals surface area contributed by atoms with E-state index in [1.54, 1.807) is 0 Å². The second-order valence-electron chi connectivity index (χ2n) is 4.76. The van der Waals surface area contributed by atoms with Gasteiger partial charge in [0.25, 0.3) is 0 Å². The topological polar surface area (TPSA) is 18.0 Å². The van der Waals surface area contributed by atoms with Crippen LogP contribution >= 0.6 is 0 Å².